The SMILES string of the molecule is O=c1[nH]c(=O)c2c(-c3c[nH]c4ccccc34)c3c(=O)ccc(O)c-3oc2[nH]1. The summed E-state index contributed by atoms with van der Waals surface area (Å²) in [6.07, 6.45) is 1.67. The average molecular weight is 361 g/mol. The minimum atomic E-state index is -0.752. The Kier molecular flexibility index (Phi) is 2.94. The number of benzene rings is 2. The van der Waals surface area contributed by atoms with Gasteiger partial charge in [-0.15, -0.1) is 0 Å². The van der Waals surface area contributed by atoms with Crippen LogP contribution >= 0.6 is 0 Å². The van der Waals surface area contributed by atoms with Crippen LogP contribution in [0.1, 0.15) is 0 Å². The van der Waals surface area contributed by atoms with E-state index in [0.29, 0.717) is 5.56 Å². The molecule has 0 saturated heterocycles. The molecule has 132 valence electrons. The largest absolute Gasteiger partial charge is 0.504 e. The molecule has 0 bridgehead atoms. The van der Waals surface area contributed by atoms with Crippen molar-refractivity contribution in [1.29, 1.82) is 0 Å². The summed E-state index contributed by atoms with van der Waals surface area (Å²) in [7, 11) is 0. The van der Waals surface area contributed by atoms with Crippen molar-refractivity contribution >= 4 is 22.0 Å². The molecule has 0 fully saturated rings. The van der Waals surface area contributed by atoms with Crippen LogP contribution in [0.25, 0.3) is 44.5 Å². The minimum Gasteiger partial charge on any atom is -0.504 e. The molecule has 3 heterocycles. The maximum absolute atomic E-state index is 12.6. The second kappa shape index (κ2) is 5.21. The molecule has 27 heavy (non-hydrogen) atoms. The number of H-pyrrole nitrogens is 3. The molecule has 2 aliphatic rings. The predicted molar refractivity (Wildman–Crippen MR) is 99.3 cm³/mol. The van der Waals surface area contributed by atoms with Crippen molar-refractivity contribution in [1.82, 2.24) is 15.0 Å². The summed E-state index contributed by atoms with van der Waals surface area (Å²) in [6, 6.07) is 9.81. The maximum Gasteiger partial charge on any atom is 0.328 e. The number of fused-ring (bicyclic) bond motifs is 3. The van der Waals surface area contributed by atoms with Gasteiger partial charge >= 0.3 is 5.69 Å². The van der Waals surface area contributed by atoms with Gasteiger partial charge in [-0.2, -0.15) is 0 Å². The molecule has 1 aromatic carbocycles. The molecule has 0 saturated carbocycles. The summed E-state index contributed by atoms with van der Waals surface area (Å²) >= 11 is 0. The lowest BCUT2D eigenvalue weighted by Gasteiger charge is -2.13. The van der Waals surface area contributed by atoms with Gasteiger partial charge in [-0.3, -0.25) is 19.6 Å². The quantitative estimate of drug-likeness (QED) is 0.340. The Hall–Kier alpha value is -4.07. The van der Waals surface area contributed by atoms with Gasteiger partial charge in [0.1, 0.15) is 5.39 Å². The van der Waals surface area contributed by atoms with E-state index < -0.39 is 16.7 Å². The number of rotatable bonds is 1. The van der Waals surface area contributed by atoms with Crippen molar-refractivity contribution < 1.29 is 9.52 Å². The third-order valence-electron chi connectivity index (χ3n) is 4.57. The highest BCUT2D eigenvalue weighted by atomic mass is 16.4. The van der Waals surface area contributed by atoms with E-state index in [-0.39, 0.29) is 33.7 Å². The van der Waals surface area contributed by atoms with Crippen molar-refractivity contribution in [3.05, 3.63) is 73.7 Å². The lowest BCUT2D eigenvalue weighted by atomic mass is 9.94. The zero-order chi connectivity index (χ0) is 18.7. The van der Waals surface area contributed by atoms with E-state index in [4.69, 9.17) is 4.42 Å². The van der Waals surface area contributed by atoms with E-state index in [1.54, 1.807) is 6.20 Å². The Morgan fingerprint density at radius 1 is 0.926 bits per heavy atom. The zero-order valence-corrected chi connectivity index (χ0v) is 13.6. The smallest absolute Gasteiger partial charge is 0.328 e. The van der Waals surface area contributed by atoms with Crippen molar-refractivity contribution in [2.24, 2.45) is 0 Å². The molecule has 3 aromatic rings. The number of aromatic nitrogens is 3. The summed E-state index contributed by atoms with van der Waals surface area (Å²) in [5, 5.41) is 11.0. The predicted octanol–water partition coefficient (Wildman–Crippen LogP) is 2.13. The van der Waals surface area contributed by atoms with Crippen LogP contribution in [0.4, 0.5) is 0 Å². The first-order valence-corrected chi connectivity index (χ1v) is 8.06. The van der Waals surface area contributed by atoms with Gasteiger partial charge < -0.3 is 14.5 Å². The minimum absolute atomic E-state index is 0.0227. The normalized spacial score (nSPS) is 11.6. The van der Waals surface area contributed by atoms with Crippen molar-refractivity contribution in [3.8, 4) is 28.2 Å². The number of hydrogen-bond acceptors (Lipinski definition) is 5. The van der Waals surface area contributed by atoms with Gasteiger partial charge in [-0.25, -0.2) is 4.79 Å². The second-order valence-corrected chi connectivity index (χ2v) is 6.12. The Morgan fingerprint density at radius 2 is 1.74 bits per heavy atom. The number of para-hydroxylation sites is 1. The highest BCUT2D eigenvalue weighted by Gasteiger charge is 2.26. The van der Waals surface area contributed by atoms with E-state index in [1.807, 2.05) is 24.3 Å². The third kappa shape index (κ3) is 2.07. The fourth-order valence-electron chi connectivity index (χ4n) is 3.44. The maximum atomic E-state index is 12.6. The molecule has 0 amide bonds. The topological polar surface area (TPSA) is 132 Å². The van der Waals surface area contributed by atoms with Crippen molar-refractivity contribution in [2.45, 2.75) is 0 Å². The summed E-state index contributed by atoms with van der Waals surface area (Å²) in [5.74, 6) is -0.370. The van der Waals surface area contributed by atoms with E-state index in [1.165, 1.54) is 12.1 Å². The van der Waals surface area contributed by atoms with Crippen LogP contribution in [0.2, 0.25) is 0 Å². The van der Waals surface area contributed by atoms with Crippen LogP contribution in [0.3, 0.4) is 0 Å². The Labute approximate surface area is 149 Å². The number of aromatic amines is 3. The molecule has 1 aliphatic heterocycles. The van der Waals surface area contributed by atoms with Crippen LogP contribution in [-0.4, -0.2) is 20.1 Å². The van der Waals surface area contributed by atoms with Gasteiger partial charge in [0.05, 0.1) is 5.56 Å². The Balaban J connectivity index is 2.12. The van der Waals surface area contributed by atoms with E-state index in [2.05, 4.69) is 15.0 Å². The van der Waals surface area contributed by atoms with Gasteiger partial charge in [-0.05, 0) is 18.2 Å². The highest BCUT2D eigenvalue weighted by Crippen LogP contribution is 2.42. The van der Waals surface area contributed by atoms with Crippen LogP contribution in [0.5, 0.6) is 5.75 Å². The molecule has 1 aliphatic carbocycles. The second-order valence-electron chi connectivity index (χ2n) is 6.12. The molecule has 8 nitrogen and oxygen atoms in total. The fraction of sp³-hybridized carbons (Fsp3) is 0. The van der Waals surface area contributed by atoms with Gasteiger partial charge in [0.15, 0.2) is 16.9 Å². The summed E-state index contributed by atoms with van der Waals surface area (Å²) in [6.45, 7) is 0. The number of phenolic OH excluding ortho intramolecular Hbond substituents is 1. The first kappa shape index (κ1) is 15.2. The number of aromatic hydroxyl groups is 1. The monoisotopic (exact) mass is 361 g/mol. The molecule has 0 atom stereocenters. The zero-order valence-electron chi connectivity index (χ0n) is 13.6. The van der Waals surface area contributed by atoms with Crippen LogP contribution in [0.15, 0.2) is 61.4 Å². The standard InChI is InChI=1S/C19H11N3O5/c23-11-5-6-12(24)16-14(11)13(9-7-20-10-4-2-1-3-8(9)10)15-17(25)21-19(26)22-18(15)27-16/h1-7,20,24H,(H2,21,22,25,26). The molecular weight excluding hydrogens is 350 g/mol. The molecule has 5 rings (SSSR count). The molecule has 0 spiro atoms. The molecule has 8 heteroatoms. The van der Waals surface area contributed by atoms with Gasteiger partial charge in [0, 0.05) is 28.2 Å². The summed E-state index contributed by atoms with van der Waals surface area (Å²) < 4.78 is 5.53. The first-order chi connectivity index (χ1) is 13.0. The van der Waals surface area contributed by atoms with Crippen LogP contribution in [-0.2, 0) is 0 Å². The molecular formula is C19H11N3O5. The molecule has 0 unspecified atom stereocenters. The first-order valence-electron chi connectivity index (χ1n) is 8.06. The van der Waals surface area contributed by atoms with E-state index in [0.717, 1.165) is 10.9 Å². The molecule has 4 N–H and O–H groups in total. The van der Waals surface area contributed by atoms with Crippen molar-refractivity contribution in [2.75, 3.05) is 0 Å². The number of nitrogens with one attached hydrogen (secondary N) is 3. The molecule has 2 aromatic heterocycles. The van der Waals surface area contributed by atoms with Crippen LogP contribution in [0, 0.1) is 0 Å². The Morgan fingerprint density at radius 3 is 2.59 bits per heavy atom. The van der Waals surface area contributed by atoms with Gasteiger partial charge in [-0.1, -0.05) is 18.2 Å². The summed E-state index contributed by atoms with van der Waals surface area (Å²) in [4.78, 5) is 44.6. The van der Waals surface area contributed by atoms with Gasteiger partial charge in [0.2, 0.25) is 5.71 Å². The lowest BCUT2D eigenvalue weighted by molar-refractivity contribution is 0.453. The van der Waals surface area contributed by atoms with E-state index in [9.17, 15) is 19.5 Å². The molecule has 0 radical (unpaired) electrons. The van der Waals surface area contributed by atoms with Gasteiger partial charge in [0.25, 0.3) is 5.56 Å². The lowest BCUT2D eigenvalue weighted by Crippen LogP contribution is -2.23. The highest BCUT2D eigenvalue weighted by molar-refractivity contribution is 6.08. The fourth-order valence-corrected chi connectivity index (χ4v) is 3.44. The van der Waals surface area contributed by atoms with Crippen LogP contribution < -0.4 is 16.7 Å². The number of hydrogen-bond donors (Lipinski definition) is 4. The average Bonchev–Trinajstić information content (AvgIpc) is 3.07. The third-order valence-corrected chi connectivity index (χ3v) is 4.57. The summed E-state index contributed by atoms with van der Waals surface area (Å²) in [5.41, 5.74) is -0.260. The Bertz CT molecular complexity index is 1500. The van der Waals surface area contributed by atoms with Crippen molar-refractivity contribution in [3.63, 3.8) is 0 Å². The van der Waals surface area contributed by atoms with E-state index >= 15 is 0 Å². The number of phenols is 1.